The van der Waals surface area contributed by atoms with Gasteiger partial charge in [0.05, 0.1) is 5.54 Å². The third-order valence-electron chi connectivity index (χ3n) is 5.96. The first-order valence-corrected chi connectivity index (χ1v) is 11.8. The number of likely N-dealkylation sites (N-methyl/N-ethyl adjacent to an activating group) is 1. The van der Waals surface area contributed by atoms with Crippen LogP contribution in [0.25, 0.3) is 0 Å². The Morgan fingerprint density at radius 3 is 2.30 bits per heavy atom. The first-order valence-electron chi connectivity index (χ1n) is 11.0. The Morgan fingerprint density at radius 1 is 1.13 bits per heavy atom. The molecule has 2 saturated heterocycles. The topological polar surface area (TPSA) is 60.9 Å². The van der Waals surface area contributed by atoms with E-state index in [1.165, 1.54) is 0 Å². The highest BCUT2D eigenvalue weighted by Crippen LogP contribution is 2.28. The fourth-order valence-electron chi connectivity index (χ4n) is 4.25. The zero-order chi connectivity index (χ0) is 21.8. The van der Waals surface area contributed by atoms with Gasteiger partial charge < -0.3 is 19.9 Å². The maximum Gasteiger partial charge on any atom is 0.408 e. The maximum atomic E-state index is 12.7. The normalized spacial score (nSPS) is 20.8. The molecule has 1 amide bonds. The Morgan fingerprint density at radius 2 is 1.77 bits per heavy atom. The number of alkyl carbamates (subject to hydrolysis) is 1. The van der Waals surface area contributed by atoms with Gasteiger partial charge in [0.2, 0.25) is 0 Å². The number of piperazine rings is 1. The quantitative estimate of drug-likeness (QED) is 0.695. The minimum absolute atomic E-state index is 0.275. The number of anilines is 1. The van der Waals surface area contributed by atoms with Crippen LogP contribution in [-0.4, -0.2) is 84.4 Å². The Labute approximate surface area is 189 Å². The van der Waals surface area contributed by atoms with Gasteiger partial charge in [0, 0.05) is 56.5 Å². The molecule has 8 heteroatoms. The molecule has 0 unspecified atom stereocenters. The average Bonchev–Trinajstić information content (AvgIpc) is 2.68. The van der Waals surface area contributed by atoms with Crippen LogP contribution < -0.4 is 10.2 Å². The fraction of sp³-hybridized carbons (Fsp3) is 0.727. The number of aromatic nitrogens is 1. The highest BCUT2D eigenvalue weighted by Gasteiger charge is 2.39. The Hall–Kier alpha value is -1.38. The molecule has 1 N–H and O–H groups in total. The van der Waals surface area contributed by atoms with Gasteiger partial charge in [-0.05, 0) is 68.2 Å². The molecule has 0 atom stereocenters. The van der Waals surface area contributed by atoms with E-state index in [0.29, 0.717) is 0 Å². The minimum Gasteiger partial charge on any atom is -0.444 e. The van der Waals surface area contributed by atoms with E-state index >= 15 is 0 Å². The van der Waals surface area contributed by atoms with Gasteiger partial charge in [-0.25, -0.2) is 9.78 Å². The molecule has 0 saturated carbocycles. The summed E-state index contributed by atoms with van der Waals surface area (Å²) in [6.45, 7) is 15.9. The molecule has 3 heterocycles. The third-order valence-corrected chi connectivity index (χ3v) is 6.43. The van der Waals surface area contributed by atoms with E-state index in [9.17, 15) is 4.79 Å². The first-order chi connectivity index (χ1) is 14.2. The van der Waals surface area contributed by atoms with Crippen LogP contribution in [0.4, 0.5) is 10.6 Å². The first kappa shape index (κ1) is 23.3. The van der Waals surface area contributed by atoms with Crippen molar-refractivity contribution in [2.75, 3.05) is 57.3 Å². The lowest BCUT2D eigenvalue weighted by molar-refractivity contribution is 0.0359. The predicted octanol–water partition coefficient (Wildman–Crippen LogP) is 3.35. The Kier molecular flexibility index (Phi) is 7.63. The number of ether oxygens (including phenoxy) is 1. The number of nitrogens with one attached hydrogen (secondary N) is 1. The number of carbonyl (C=O) groups is 1. The van der Waals surface area contributed by atoms with E-state index < -0.39 is 5.60 Å². The second kappa shape index (κ2) is 9.83. The summed E-state index contributed by atoms with van der Waals surface area (Å²) in [4.78, 5) is 24.5. The van der Waals surface area contributed by atoms with Gasteiger partial charge in [-0.15, -0.1) is 0 Å². The van der Waals surface area contributed by atoms with E-state index in [0.717, 1.165) is 75.5 Å². The molecule has 0 spiro atoms. The van der Waals surface area contributed by atoms with Crippen LogP contribution in [-0.2, 0) is 4.74 Å². The lowest BCUT2D eigenvalue weighted by Crippen LogP contribution is -2.63. The number of piperidine rings is 1. The van der Waals surface area contributed by atoms with Gasteiger partial charge in [-0.2, -0.15) is 0 Å². The van der Waals surface area contributed by atoms with Gasteiger partial charge in [0.25, 0.3) is 0 Å². The number of hydrogen-bond donors (Lipinski definition) is 1. The van der Waals surface area contributed by atoms with Crippen molar-refractivity contribution in [3.05, 3.63) is 22.8 Å². The minimum atomic E-state index is -0.500. The molecule has 0 aromatic carbocycles. The van der Waals surface area contributed by atoms with Gasteiger partial charge in [-0.1, -0.05) is 6.92 Å². The van der Waals surface area contributed by atoms with Crippen molar-refractivity contribution in [3.63, 3.8) is 0 Å². The molecule has 2 fully saturated rings. The zero-order valence-corrected chi connectivity index (χ0v) is 20.4. The summed E-state index contributed by atoms with van der Waals surface area (Å²) >= 11 is 3.45. The maximum absolute atomic E-state index is 12.7. The molecule has 1 aromatic rings. The molecule has 30 heavy (non-hydrogen) atoms. The molecule has 0 radical (unpaired) electrons. The van der Waals surface area contributed by atoms with Crippen molar-refractivity contribution in [3.8, 4) is 0 Å². The molecule has 0 bridgehead atoms. The summed E-state index contributed by atoms with van der Waals surface area (Å²) < 4.78 is 6.59. The molecule has 3 rings (SSSR count). The van der Waals surface area contributed by atoms with Gasteiger partial charge >= 0.3 is 6.09 Å². The van der Waals surface area contributed by atoms with Crippen LogP contribution in [0.2, 0.25) is 0 Å². The largest absolute Gasteiger partial charge is 0.444 e. The highest BCUT2D eigenvalue weighted by atomic mass is 79.9. The van der Waals surface area contributed by atoms with Crippen molar-refractivity contribution >= 4 is 27.8 Å². The number of carbonyl (C=O) groups excluding carboxylic acids is 1. The summed E-state index contributed by atoms with van der Waals surface area (Å²) in [6, 6.07) is 4.07. The van der Waals surface area contributed by atoms with Crippen LogP contribution in [0.3, 0.4) is 0 Å². The van der Waals surface area contributed by atoms with Crippen molar-refractivity contribution in [1.82, 2.24) is 20.1 Å². The number of amides is 1. The van der Waals surface area contributed by atoms with Crippen LogP contribution in [0.5, 0.6) is 0 Å². The Bertz CT molecular complexity index is 690. The van der Waals surface area contributed by atoms with E-state index in [2.05, 4.69) is 47.9 Å². The van der Waals surface area contributed by atoms with Crippen molar-refractivity contribution < 1.29 is 9.53 Å². The van der Waals surface area contributed by atoms with Gasteiger partial charge in [-0.3, -0.25) is 4.90 Å². The summed E-state index contributed by atoms with van der Waals surface area (Å²) in [5.74, 6) is 0.987. The van der Waals surface area contributed by atoms with Crippen LogP contribution >= 0.6 is 15.9 Å². The van der Waals surface area contributed by atoms with Crippen LogP contribution in [0.1, 0.15) is 40.5 Å². The van der Waals surface area contributed by atoms with E-state index in [1.54, 1.807) is 0 Å². The fourth-order valence-corrected chi connectivity index (χ4v) is 4.49. The number of rotatable bonds is 5. The number of hydrogen-bond acceptors (Lipinski definition) is 6. The summed E-state index contributed by atoms with van der Waals surface area (Å²) in [6.07, 6.45) is 3.27. The van der Waals surface area contributed by atoms with Crippen LogP contribution in [0.15, 0.2) is 22.8 Å². The average molecular weight is 482 g/mol. The molecule has 2 aliphatic heterocycles. The second-order valence-corrected chi connectivity index (χ2v) is 10.4. The number of nitrogens with zero attached hydrogens (tertiary/aromatic N) is 4. The lowest BCUT2D eigenvalue weighted by Gasteiger charge is -2.46. The summed E-state index contributed by atoms with van der Waals surface area (Å²) in [7, 11) is 0. The van der Waals surface area contributed by atoms with Crippen LogP contribution in [0, 0.1) is 0 Å². The Balaban J connectivity index is 1.67. The van der Waals surface area contributed by atoms with E-state index in [-0.39, 0.29) is 11.6 Å². The molecular weight excluding hydrogens is 446 g/mol. The zero-order valence-electron chi connectivity index (χ0n) is 18.8. The monoisotopic (exact) mass is 481 g/mol. The smallest absolute Gasteiger partial charge is 0.408 e. The second-order valence-electron chi connectivity index (χ2n) is 9.44. The van der Waals surface area contributed by atoms with Gasteiger partial charge in [0.15, 0.2) is 0 Å². The third kappa shape index (κ3) is 6.56. The SMILES string of the molecule is CCN1CCN(CC2(NC(=O)OC(C)(C)C)CCN(c3ccc(Br)cn3)CC2)CC1. The van der Waals surface area contributed by atoms with E-state index in [4.69, 9.17) is 4.74 Å². The number of pyridine rings is 1. The molecule has 0 aliphatic carbocycles. The molecular formula is C22H36BrN5O2. The predicted molar refractivity (Wildman–Crippen MR) is 124 cm³/mol. The van der Waals surface area contributed by atoms with E-state index in [1.807, 2.05) is 39.1 Å². The number of halogens is 1. The standard InChI is InChI=1S/C22H36BrN5O2/c1-5-26-12-14-27(15-13-26)17-22(25-20(29)30-21(2,3)4)8-10-28(11-9-22)19-7-6-18(23)16-24-19/h6-7,16H,5,8-15,17H2,1-4H3,(H,25,29). The summed E-state index contributed by atoms with van der Waals surface area (Å²) in [5, 5.41) is 3.27. The molecule has 2 aliphatic rings. The van der Waals surface area contributed by atoms with Crippen molar-refractivity contribution in [2.45, 2.75) is 51.7 Å². The molecule has 7 nitrogen and oxygen atoms in total. The van der Waals surface area contributed by atoms with Crippen molar-refractivity contribution in [1.29, 1.82) is 0 Å². The molecule has 168 valence electrons. The lowest BCUT2D eigenvalue weighted by atomic mass is 9.86. The van der Waals surface area contributed by atoms with Gasteiger partial charge in [0.1, 0.15) is 11.4 Å². The summed E-state index contributed by atoms with van der Waals surface area (Å²) in [5.41, 5.74) is -0.775. The highest BCUT2D eigenvalue weighted by molar-refractivity contribution is 9.10. The van der Waals surface area contributed by atoms with Crippen molar-refractivity contribution in [2.24, 2.45) is 0 Å². The molecule has 1 aromatic heterocycles.